The Morgan fingerprint density at radius 2 is 2.00 bits per heavy atom. The maximum atomic E-state index is 10.7. The second-order valence-corrected chi connectivity index (χ2v) is 3.74. The fourth-order valence-electron chi connectivity index (χ4n) is 1.38. The highest BCUT2D eigenvalue weighted by atomic mass is 16.3. The molecule has 1 rings (SSSR count). The molecule has 0 spiro atoms. The third-order valence-electron chi connectivity index (χ3n) is 2.33. The van der Waals surface area contributed by atoms with Crippen molar-refractivity contribution in [2.75, 3.05) is 6.54 Å². The molecule has 96 valence electrons. The second kappa shape index (κ2) is 6.66. The summed E-state index contributed by atoms with van der Waals surface area (Å²) in [6.45, 7) is 1.29. The smallest absolute Gasteiger partial charge is 0.240 e. The average Bonchev–Trinajstić information content (AvgIpc) is 2.36. The van der Waals surface area contributed by atoms with Crippen molar-refractivity contribution < 1.29 is 19.8 Å². The molecule has 6 heteroatoms. The van der Waals surface area contributed by atoms with Gasteiger partial charge in [0, 0.05) is 13.5 Å². The van der Waals surface area contributed by atoms with Crippen LogP contribution in [0.4, 0.5) is 5.69 Å². The highest BCUT2D eigenvalue weighted by molar-refractivity contribution is 5.72. The molecule has 18 heavy (non-hydrogen) atoms. The first-order chi connectivity index (χ1) is 8.54. The maximum Gasteiger partial charge on any atom is 0.240 e. The van der Waals surface area contributed by atoms with Crippen molar-refractivity contribution in [1.29, 1.82) is 0 Å². The molecule has 0 aliphatic heterocycles. The average molecular weight is 250 g/mol. The third-order valence-corrected chi connectivity index (χ3v) is 2.33. The number of nitrogens with zero attached hydrogens (tertiary/aromatic N) is 1. The van der Waals surface area contributed by atoms with Crippen LogP contribution in [-0.2, 0) is 9.59 Å². The fraction of sp³-hybridized carbons (Fsp3) is 0.333. The van der Waals surface area contributed by atoms with Gasteiger partial charge in [-0.2, -0.15) is 4.99 Å². The summed E-state index contributed by atoms with van der Waals surface area (Å²) in [6, 6.07) is 6.12. The SMILES string of the molecule is CC(=O)NCC(O)C(O)c1ccc(N=C=O)cc1. The zero-order valence-corrected chi connectivity index (χ0v) is 9.83. The number of aliphatic imine (C=N–C) groups is 1. The number of aliphatic hydroxyl groups excluding tert-OH is 2. The van der Waals surface area contributed by atoms with Crippen LogP contribution in [0.25, 0.3) is 0 Å². The predicted molar refractivity (Wildman–Crippen MR) is 63.9 cm³/mol. The van der Waals surface area contributed by atoms with Gasteiger partial charge in [-0.15, -0.1) is 0 Å². The zero-order valence-electron chi connectivity index (χ0n) is 9.83. The molecule has 1 amide bonds. The molecule has 0 bridgehead atoms. The summed E-state index contributed by atoms with van der Waals surface area (Å²) in [6.07, 6.45) is -0.818. The summed E-state index contributed by atoms with van der Waals surface area (Å²) in [7, 11) is 0. The Bertz CT molecular complexity index is 452. The number of amides is 1. The molecule has 0 radical (unpaired) electrons. The normalized spacial score (nSPS) is 13.3. The van der Waals surface area contributed by atoms with Gasteiger partial charge in [0.2, 0.25) is 12.0 Å². The standard InChI is InChI=1S/C12H14N2O4/c1-8(16)13-6-11(17)12(18)9-2-4-10(5-3-9)14-7-15/h2-5,11-12,17-18H,6H2,1H3,(H,13,16). The van der Waals surface area contributed by atoms with E-state index in [2.05, 4.69) is 10.3 Å². The topological polar surface area (TPSA) is 99.0 Å². The Morgan fingerprint density at radius 3 is 2.50 bits per heavy atom. The second-order valence-electron chi connectivity index (χ2n) is 3.74. The third kappa shape index (κ3) is 4.10. The summed E-state index contributed by atoms with van der Waals surface area (Å²) >= 11 is 0. The van der Waals surface area contributed by atoms with E-state index in [9.17, 15) is 19.8 Å². The van der Waals surface area contributed by atoms with Crippen molar-refractivity contribution in [2.45, 2.75) is 19.1 Å². The number of isocyanates is 1. The van der Waals surface area contributed by atoms with E-state index < -0.39 is 12.2 Å². The minimum atomic E-state index is -1.12. The first-order valence-corrected chi connectivity index (χ1v) is 5.33. The van der Waals surface area contributed by atoms with Crippen molar-refractivity contribution in [3.05, 3.63) is 29.8 Å². The molecule has 2 atom stereocenters. The number of nitrogens with one attached hydrogen (secondary N) is 1. The number of carbonyl (C=O) groups is 1. The molecule has 1 aromatic rings. The van der Waals surface area contributed by atoms with Crippen LogP contribution < -0.4 is 5.32 Å². The van der Waals surface area contributed by atoms with Crippen molar-refractivity contribution in [3.8, 4) is 0 Å². The van der Waals surface area contributed by atoms with E-state index >= 15 is 0 Å². The lowest BCUT2D eigenvalue weighted by molar-refractivity contribution is -0.119. The van der Waals surface area contributed by atoms with E-state index in [1.165, 1.54) is 37.3 Å². The molecule has 1 aromatic carbocycles. The quantitative estimate of drug-likeness (QED) is 0.513. The lowest BCUT2D eigenvalue weighted by atomic mass is 10.0. The molecule has 0 saturated heterocycles. The molecule has 0 aliphatic rings. The van der Waals surface area contributed by atoms with Crippen LogP contribution in [0.2, 0.25) is 0 Å². The minimum Gasteiger partial charge on any atom is -0.388 e. The first-order valence-electron chi connectivity index (χ1n) is 5.33. The van der Waals surface area contributed by atoms with Gasteiger partial charge in [0.25, 0.3) is 0 Å². The zero-order chi connectivity index (χ0) is 13.5. The molecule has 6 nitrogen and oxygen atoms in total. The van der Waals surface area contributed by atoms with E-state index in [0.717, 1.165) is 0 Å². The van der Waals surface area contributed by atoms with E-state index in [4.69, 9.17) is 0 Å². The summed E-state index contributed by atoms with van der Waals surface area (Å²) in [5.41, 5.74) is 0.884. The van der Waals surface area contributed by atoms with Crippen LogP contribution >= 0.6 is 0 Å². The van der Waals surface area contributed by atoms with Gasteiger partial charge in [-0.05, 0) is 17.7 Å². The van der Waals surface area contributed by atoms with Gasteiger partial charge in [0.05, 0.1) is 5.69 Å². The summed E-state index contributed by atoms with van der Waals surface area (Å²) in [5, 5.41) is 21.9. The Balaban J connectivity index is 2.67. The van der Waals surface area contributed by atoms with Crippen LogP contribution in [0.5, 0.6) is 0 Å². The van der Waals surface area contributed by atoms with Crippen LogP contribution in [-0.4, -0.2) is 34.8 Å². The van der Waals surface area contributed by atoms with E-state index in [0.29, 0.717) is 11.3 Å². The number of aliphatic hydroxyl groups is 2. The molecular weight excluding hydrogens is 236 g/mol. The van der Waals surface area contributed by atoms with Crippen molar-refractivity contribution >= 4 is 17.7 Å². The van der Waals surface area contributed by atoms with Crippen LogP contribution in [0.15, 0.2) is 29.3 Å². The number of hydrogen-bond acceptors (Lipinski definition) is 5. The number of hydrogen-bond donors (Lipinski definition) is 3. The molecule has 0 aliphatic carbocycles. The monoisotopic (exact) mass is 250 g/mol. The Hall–Kier alpha value is -2.01. The Morgan fingerprint density at radius 1 is 1.39 bits per heavy atom. The number of carbonyl (C=O) groups excluding carboxylic acids is 2. The van der Waals surface area contributed by atoms with Crippen LogP contribution in [0.3, 0.4) is 0 Å². The van der Waals surface area contributed by atoms with Gasteiger partial charge in [-0.3, -0.25) is 4.79 Å². The first kappa shape index (κ1) is 14.1. The maximum absolute atomic E-state index is 10.7. The van der Waals surface area contributed by atoms with E-state index in [1.54, 1.807) is 0 Å². The van der Waals surface area contributed by atoms with E-state index in [-0.39, 0.29) is 12.5 Å². The molecule has 0 aromatic heterocycles. The Labute approximate surface area is 104 Å². The lowest BCUT2D eigenvalue weighted by Crippen LogP contribution is -2.34. The molecular formula is C12H14N2O4. The molecule has 0 heterocycles. The summed E-state index contributed by atoms with van der Waals surface area (Å²) < 4.78 is 0. The highest BCUT2D eigenvalue weighted by Gasteiger charge is 2.18. The van der Waals surface area contributed by atoms with Crippen molar-refractivity contribution in [3.63, 3.8) is 0 Å². The van der Waals surface area contributed by atoms with Crippen LogP contribution in [0, 0.1) is 0 Å². The fourth-order valence-corrected chi connectivity index (χ4v) is 1.38. The van der Waals surface area contributed by atoms with Gasteiger partial charge in [0.15, 0.2) is 0 Å². The van der Waals surface area contributed by atoms with Gasteiger partial charge in [-0.1, -0.05) is 12.1 Å². The summed E-state index contributed by atoms with van der Waals surface area (Å²) in [4.78, 5) is 24.1. The number of benzene rings is 1. The van der Waals surface area contributed by atoms with Crippen molar-refractivity contribution in [2.24, 2.45) is 4.99 Å². The lowest BCUT2D eigenvalue weighted by Gasteiger charge is -2.18. The van der Waals surface area contributed by atoms with Gasteiger partial charge < -0.3 is 15.5 Å². The summed E-state index contributed by atoms with van der Waals surface area (Å²) in [5.74, 6) is -0.281. The Kier molecular flexibility index (Phi) is 5.20. The molecule has 0 saturated carbocycles. The molecule has 0 fully saturated rings. The molecule has 3 N–H and O–H groups in total. The molecule has 2 unspecified atom stereocenters. The predicted octanol–water partition coefficient (Wildman–Crippen LogP) is 0.184. The van der Waals surface area contributed by atoms with Crippen LogP contribution in [0.1, 0.15) is 18.6 Å². The van der Waals surface area contributed by atoms with Gasteiger partial charge in [0.1, 0.15) is 12.2 Å². The van der Waals surface area contributed by atoms with E-state index in [1.807, 2.05) is 0 Å². The van der Waals surface area contributed by atoms with Crippen molar-refractivity contribution in [1.82, 2.24) is 5.32 Å². The largest absolute Gasteiger partial charge is 0.388 e. The van der Waals surface area contributed by atoms with Gasteiger partial charge >= 0.3 is 0 Å². The number of rotatable bonds is 5. The minimum absolute atomic E-state index is 0.0370. The van der Waals surface area contributed by atoms with Gasteiger partial charge in [-0.25, -0.2) is 4.79 Å². The highest BCUT2D eigenvalue weighted by Crippen LogP contribution is 2.20.